The maximum atomic E-state index is 14.1. The number of hydrogen-bond acceptors (Lipinski definition) is 4. The zero-order valence-corrected chi connectivity index (χ0v) is 16.7. The maximum Gasteiger partial charge on any atom is 0.253 e. The van der Waals surface area contributed by atoms with Crippen LogP contribution >= 0.6 is 22.9 Å². The molecule has 0 aliphatic carbocycles. The van der Waals surface area contributed by atoms with E-state index in [4.69, 9.17) is 11.6 Å². The van der Waals surface area contributed by atoms with Crippen molar-refractivity contribution in [3.05, 3.63) is 95.0 Å². The highest BCUT2D eigenvalue weighted by atomic mass is 35.5. The van der Waals surface area contributed by atoms with Gasteiger partial charge in [0.1, 0.15) is 11.3 Å². The van der Waals surface area contributed by atoms with E-state index in [0.29, 0.717) is 20.5 Å². The largest absolute Gasteiger partial charge is 0.278 e. The van der Waals surface area contributed by atoms with Crippen molar-refractivity contribution in [2.45, 2.75) is 6.54 Å². The Morgan fingerprint density at radius 2 is 1.93 bits per heavy atom. The van der Waals surface area contributed by atoms with E-state index in [2.05, 4.69) is 9.97 Å². The first kappa shape index (κ1) is 19.2. The number of halogens is 2. The van der Waals surface area contributed by atoms with Crippen LogP contribution in [0, 0.1) is 5.82 Å². The van der Waals surface area contributed by atoms with Gasteiger partial charge in [0.2, 0.25) is 0 Å². The molecule has 0 N–H and O–H groups in total. The van der Waals surface area contributed by atoms with E-state index in [9.17, 15) is 9.18 Å². The molecule has 0 saturated heterocycles. The molecule has 0 spiro atoms. The van der Waals surface area contributed by atoms with Crippen molar-refractivity contribution in [2.24, 2.45) is 0 Å². The lowest BCUT2D eigenvalue weighted by Crippen LogP contribution is -2.29. The monoisotopic (exact) mass is 423 g/mol. The molecule has 4 rings (SSSR count). The lowest BCUT2D eigenvalue weighted by atomic mass is 10.2. The highest BCUT2D eigenvalue weighted by Gasteiger charge is 2.20. The third-order valence-electron chi connectivity index (χ3n) is 4.21. The Hall–Kier alpha value is -3.09. The molecule has 0 fully saturated rings. The van der Waals surface area contributed by atoms with Crippen LogP contribution in [0.4, 0.5) is 9.52 Å². The van der Waals surface area contributed by atoms with Gasteiger partial charge in [-0.3, -0.25) is 14.7 Å². The molecule has 0 saturated carbocycles. The number of thiazole rings is 1. The fraction of sp³-hybridized carbons (Fsp3) is 0.0455. The number of hydrogen-bond donors (Lipinski definition) is 0. The number of carbonyl (C=O) groups excluding carboxylic acids is 1. The average Bonchev–Trinajstić information content (AvgIpc) is 3.17. The van der Waals surface area contributed by atoms with Gasteiger partial charge < -0.3 is 0 Å². The number of anilines is 1. The Kier molecular flexibility index (Phi) is 5.64. The van der Waals surface area contributed by atoms with Crippen LogP contribution in [0.1, 0.15) is 11.3 Å². The second-order valence-electron chi connectivity index (χ2n) is 6.18. The number of para-hydroxylation sites is 1. The average molecular weight is 424 g/mol. The molecule has 4 nitrogen and oxygen atoms in total. The molecule has 144 valence electrons. The third kappa shape index (κ3) is 4.34. The predicted octanol–water partition coefficient (Wildman–Crippen LogP) is 5.73. The summed E-state index contributed by atoms with van der Waals surface area (Å²) < 4.78 is 14.8. The van der Waals surface area contributed by atoms with Crippen LogP contribution in [0.5, 0.6) is 0 Å². The van der Waals surface area contributed by atoms with E-state index < -0.39 is 5.82 Å². The molecule has 0 aliphatic rings. The van der Waals surface area contributed by atoms with E-state index >= 15 is 0 Å². The molecule has 2 aromatic heterocycles. The van der Waals surface area contributed by atoms with Crippen LogP contribution in [0.25, 0.3) is 16.3 Å². The van der Waals surface area contributed by atoms with E-state index in [1.54, 1.807) is 36.5 Å². The number of amides is 1. The van der Waals surface area contributed by atoms with Gasteiger partial charge in [0.05, 0.1) is 16.9 Å². The smallest absolute Gasteiger partial charge is 0.253 e. The Labute approximate surface area is 175 Å². The first-order chi connectivity index (χ1) is 14.1. The van der Waals surface area contributed by atoms with Crippen LogP contribution in [-0.2, 0) is 11.3 Å². The summed E-state index contributed by atoms with van der Waals surface area (Å²) in [5.74, 6) is -0.711. The second kappa shape index (κ2) is 8.51. The van der Waals surface area contributed by atoms with Crippen LogP contribution < -0.4 is 4.90 Å². The zero-order chi connectivity index (χ0) is 20.2. The van der Waals surface area contributed by atoms with Gasteiger partial charge in [-0.05, 0) is 42.0 Å². The minimum Gasteiger partial charge on any atom is -0.278 e. The summed E-state index contributed by atoms with van der Waals surface area (Å²) in [6.45, 7) is 0.216. The van der Waals surface area contributed by atoms with Gasteiger partial charge in [0.25, 0.3) is 5.91 Å². The number of rotatable bonds is 5. The van der Waals surface area contributed by atoms with Gasteiger partial charge in [0.15, 0.2) is 5.13 Å². The maximum absolute atomic E-state index is 14.1. The van der Waals surface area contributed by atoms with Gasteiger partial charge in [-0.15, -0.1) is 0 Å². The number of aromatic nitrogens is 2. The van der Waals surface area contributed by atoms with Crippen molar-refractivity contribution in [2.75, 3.05) is 4.90 Å². The minimum absolute atomic E-state index is 0.216. The van der Waals surface area contributed by atoms with Crippen molar-refractivity contribution in [3.63, 3.8) is 0 Å². The van der Waals surface area contributed by atoms with Crippen LogP contribution in [0.15, 0.2) is 72.9 Å². The van der Waals surface area contributed by atoms with E-state index in [0.717, 1.165) is 5.56 Å². The SMILES string of the molecule is O=C(/C=C/c1ccccc1Cl)N(Cc1ccccn1)c1nc2c(F)cccc2s1. The summed E-state index contributed by atoms with van der Waals surface area (Å²) in [5.41, 5.74) is 1.68. The standard InChI is InChI=1S/C22H15ClFN3OS/c23-17-8-2-1-6-15(17)11-12-20(28)27(14-16-7-3-4-13-25-16)22-26-21-18(24)9-5-10-19(21)29-22/h1-13H,14H2/b12-11+. The lowest BCUT2D eigenvalue weighted by molar-refractivity contribution is -0.114. The molecule has 4 aromatic rings. The van der Waals surface area contributed by atoms with Crippen molar-refractivity contribution >= 4 is 50.3 Å². The van der Waals surface area contributed by atoms with Gasteiger partial charge in [-0.1, -0.05) is 53.3 Å². The molecule has 0 bridgehead atoms. The number of carbonyl (C=O) groups is 1. The summed E-state index contributed by atoms with van der Waals surface area (Å²) in [7, 11) is 0. The summed E-state index contributed by atoms with van der Waals surface area (Å²) in [5, 5.41) is 0.958. The lowest BCUT2D eigenvalue weighted by Gasteiger charge is -2.17. The van der Waals surface area contributed by atoms with Gasteiger partial charge in [0, 0.05) is 17.3 Å². The summed E-state index contributed by atoms with van der Waals surface area (Å²) >= 11 is 7.42. The predicted molar refractivity (Wildman–Crippen MR) is 115 cm³/mol. The van der Waals surface area contributed by atoms with Gasteiger partial charge in [-0.2, -0.15) is 0 Å². The van der Waals surface area contributed by atoms with Crippen molar-refractivity contribution in [3.8, 4) is 0 Å². The molecular weight excluding hydrogens is 409 g/mol. The topological polar surface area (TPSA) is 46.1 Å². The van der Waals surface area contributed by atoms with Crippen LogP contribution in [-0.4, -0.2) is 15.9 Å². The van der Waals surface area contributed by atoms with Crippen LogP contribution in [0.3, 0.4) is 0 Å². The molecular formula is C22H15ClFN3OS. The Morgan fingerprint density at radius 1 is 1.10 bits per heavy atom. The first-order valence-electron chi connectivity index (χ1n) is 8.81. The molecule has 7 heteroatoms. The van der Waals surface area contributed by atoms with E-state index in [1.165, 1.54) is 28.4 Å². The van der Waals surface area contributed by atoms with Crippen molar-refractivity contribution in [1.82, 2.24) is 9.97 Å². The number of pyridine rings is 1. The highest BCUT2D eigenvalue weighted by Crippen LogP contribution is 2.31. The first-order valence-corrected chi connectivity index (χ1v) is 10.0. The fourth-order valence-corrected chi connectivity index (χ4v) is 3.96. The molecule has 0 atom stereocenters. The normalized spacial score (nSPS) is 11.2. The fourth-order valence-electron chi connectivity index (χ4n) is 2.77. The molecule has 0 aliphatic heterocycles. The van der Waals surface area contributed by atoms with Crippen molar-refractivity contribution < 1.29 is 9.18 Å². The molecule has 2 heterocycles. The number of benzene rings is 2. The van der Waals surface area contributed by atoms with Gasteiger partial charge in [-0.25, -0.2) is 9.37 Å². The minimum atomic E-state index is -0.415. The Balaban J connectivity index is 1.70. The zero-order valence-electron chi connectivity index (χ0n) is 15.1. The number of nitrogens with zero attached hydrogens (tertiary/aromatic N) is 3. The molecule has 0 radical (unpaired) electrons. The Bertz CT molecular complexity index is 1190. The second-order valence-corrected chi connectivity index (χ2v) is 7.60. The highest BCUT2D eigenvalue weighted by molar-refractivity contribution is 7.22. The third-order valence-corrected chi connectivity index (χ3v) is 5.60. The summed E-state index contributed by atoms with van der Waals surface area (Å²) in [6.07, 6.45) is 4.76. The Morgan fingerprint density at radius 3 is 2.69 bits per heavy atom. The summed E-state index contributed by atoms with van der Waals surface area (Å²) in [6, 6.07) is 17.5. The molecule has 2 aromatic carbocycles. The van der Waals surface area contributed by atoms with Gasteiger partial charge >= 0.3 is 0 Å². The summed E-state index contributed by atoms with van der Waals surface area (Å²) in [4.78, 5) is 23.2. The van der Waals surface area contributed by atoms with Crippen LogP contribution in [0.2, 0.25) is 5.02 Å². The molecule has 1 amide bonds. The van der Waals surface area contributed by atoms with E-state index in [1.807, 2.05) is 30.3 Å². The molecule has 0 unspecified atom stereocenters. The van der Waals surface area contributed by atoms with E-state index in [-0.39, 0.29) is 18.0 Å². The molecule has 29 heavy (non-hydrogen) atoms. The van der Waals surface area contributed by atoms with Crippen molar-refractivity contribution in [1.29, 1.82) is 0 Å². The number of fused-ring (bicyclic) bond motifs is 1. The quantitative estimate of drug-likeness (QED) is 0.385.